The molecule has 23 heavy (non-hydrogen) atoms. The highest BCUT2D eigenvalue weighted by atomic mass is 19.2. The molecule has 0 saturated heterocycles. The van der Waals surface area contributed by atoms with E-state index in [0.717, 1.165) is 12.1 Å². The molecule has 0 fully saturated rings. The number of rotatable bonds is 5. The van der Waals surface area contributed by atoms with Crippen molar-refractivity contribution in [2.24, 2.45) is 5.41 Å². The number of benzene rings is 1. The lowest BCUT2D eigenvalue weighted by atomic mass is 9.96. The summed E-state index contributed by atoms with van der Waals surface area (Å²) in [6.45, 7) is 6.45. The molecule has 0 aliphatic carbocycles. The molecule has 0 saturated carbocycles. The Labute approximate surface area is 134 Å². The second kappa shape index (κ2) is 7.50. The summed E-state index contributed by atoms with van der Waals surface area (Å²) in [5.41, 5.74) is -0.465. The average molecular weight is 328 g/mol. The van der Waals surface area contributed by atoms with Crippen molar-refractivity contribution in [3.63, 3.8) is 0 Å². The van der Waals surface area contributed by atoms with Crippen LogP contribution in [0.5, 0.6) is 0 Å². The first-order chi connectivity index (χ1) is 10.5. The molecule has 0 heterocycles. The van der Waals surface area contributed by atoms with Crippen LogP contribution in [0.15, 0.2) is 18.2 Å². The van der Waals surface area contributed by atoms with Gasteiger partial charge in [0.1, 0.15) is 0 Å². The molecule has 0 aliphatic heterocycles. The maximum absolute atomic E-state index is 13.2. The molecular weight excluding hydrogens is 306 g/mol. The van der Waals surface area contributed by atoms with Crippen molar-refractivity contribution in [3.8, 4) is 0 Å². The van der Waals surface area contributed by atoms with Crippen LogP contribution in [-0.2, 0) is 9.59 Å². The lowest BCUT2D eigenvalue weighted by molar-refractivity contribution is -0.131. The Morgan fingerprint density at radius 3 is 2.35 bits per heavy atom. The van der Waals surface area contributed by atoms with Crippen molar-refractivity contribution in [2.45, 2.75) is 39.8 Å². The zero-order valence-electron chi connectivity index (χ0n) is 13.6. The van der Waals surface area contributed by atoms with E-state index in [9.17, 15) is 23.5 Å². The van der Waals surface area contributed by atoms with Gasteiger partial charge in [-0.1, -0.05) is 26.8 Å². The smallest absolute Gasteiger partial charge is 0.239 e. The molecule has 2 amide bonds. The zero-order chi connectivity index (χ0) is 17.8. The highest BCUT2D eigenvalue weighted by molar-refractivity contribution is 5.87. The molecule has 0 spiro atoms. The second-order valence-corrected chi connectivity index (χ2v) is 6.41. The number of aliphatic hydroxyl groups excluding tert-OH is 1. The largest absolute Gasteiger partial charge is 0.386 e. The molecule has 2 unspecified atom stereocenters. The number of carbonyl (C=O) groups is 2. The van der Waals surface area contributed by atoms with Crippen LogP contribution < -0.4 is 10.6 Å². The van der Waals surface area contributed by atoms with E-state index in [1.807, 2.05) is 0 Å². The van der Waals surface area contributed by atoms with Crippen molar-refractivity contribution in [3.05, 3.63) is 35.4 Å². The van der Waals surface area contributed by atoms with Crippen LogP contribution in [0.3, 0.4) is 0 Å². The standard InChI is InChI=1S/C16H22F2N2O3/c1-9(14(22)10-5-6-11(17)12(18)7-10)20-13(21)8-19-15(23)16(2,3)4/h5-7,9,14,22H,8H2,1-4H3,(H,19,23)(H,20,21). The molecule has 2 atom stereocenters. The molecule has 0 radical (unpaired) electrons. The van der Waals surface area contributed by atoms with Crippen LogP contribution >= 0.6 is 0 Å². The van der Waals surface area contributed by atoms with Gasteiger partial charge in [-0.05, 0) is 24.6 Å². The fraction of sp³-hybridized carbons (Fsp3) is 0.500. The van der Waals surface area contributed by atoms with Gasteiger partial charge in [0, 0.05) is 5.41 Å². The van der Waals surface area contributed by atoms with Gasteiger partial charge >= 0.3 is 0 Å². The number of hydrogen-bond donors (Lipinski definition) is 3. The number of halogens is 2. The molecule has 1 rings (SSSR count). The highest BCUT2D eigenvalue weighted by Crippen LogP contribution is 2.19. The minimum atomic E-state index is -1.20. The van der Waals surface area contributed by atoms with Crippen molar-refractivity contribution in [1.82, 2.24) is 10.6 Å². The van der Waals surface area contributed by atoms with Crippen molar-refractivity contribution >= 4 is 11.8 Å². The molecule has 0 bridgehead atoms. The van der Waals surface area contributed by atoms with Gasteiger partial charge in [0.15, 0.2) is 11.6 Å². The van der Waals surface area contributed by atoms with E-state index in [-0.39, 0.29) is 18.0 Å². The number of carbonyl (C=O) groups excluding carboxylic acids is 2. The van der Waals surface area contributed by atoms with Gasteiger partial charge in [0.25, 0.3) is 0 Å². The fourth-order valence-corrected chi connectivity index (χ4v) is 1.79. The second-order valence-electron chi connectivity index (χ2n) is 6.41. The van der Waals surface area contributed by atoms with Crippen LogP contribution in [0.4, 0.5) is 8.78 Å². The molecule has 1 aromatic carbocycles. The minimum Gasteiger partial charge on any atom is -0.386 e. The number of aliphatic hydroxyl groups is 1. The van der Waals surface area contributed by atoms with Crippen molar-refractivity contribution in [1.29, 1.82) is 0 Å². The van der Waals surface area contributed by atoms with Gasteiger partial charge in [0.05, 0.1) is 18.7 Å². The summed E-state index contributed by atoms with van der Waals surface area (Å²) in [6.07, 6.45) is -1.20. The SMILES string of the molecule is CC(NC(=O)CNC(=O)C(C)(C)C)C(O)c1ccc(F)c(F)c1. The maximum Gasteiger partial charge on any atom is 0.239 e. The summed E-state index contributed by atoms with van der Waals surface area (Å²) >= 11 is 0. The molecule has 0 aliphatic rings. The Morgan fingerprint density at radius 1 is 1.22 bits per heavy atom. The van der Waals surface area contributed by atoms with Crippen LogP contribution in [0, 0.1) is 17.0 Å². The third-order valence-electron chi connectivity index (χ3n) is 3.24. The van der Waals surface area contributed by atoms with Gasteiger partial charge in [-0.15, -0.1) is 0 Å². The molecule has 3 N–H and O–H groups in total. The van der Waals surface area contributed by atoms with E-state index in [0.29, 0.717) is 0 Å². The van der Waals surface area contributed by atoms with Crippen LogP contribution in [0.25, 0.3) is 0 Å². The van der Waals surface area contributed by atoms with Gasteiger partial charge in [-0.2, -0.15) is 0 Å². The van der Waals surface area contributed by atoms with Gasteiger partial charge in [0.2, 0.25) is 11.8 Å². The Hall–Kier alpha value is -2.02. The molecule has 1 aromatic rings. The van der Waals surface area contributed by atoms with E-state index >= 15 is 0 Å². The summed E-state index contributed by atoms with van der Waals surface area (Å²) in [4.78, 5) is 23.4. The van der Waals surface area contributed by atoms with Gasteiger partial charge < -0.3 is 15.7 Å². The van der Waals surface area contributed by atoms with Crippen molar-refractivity contribution < 1.29 is 23.5 Å². The van der Waals surface area contributed by atoms with E-state index in [1.54, 1.807) is 20.8 Å². The van der Waals surface area contributed by atoms with Crippen LogP contribution in [0.2, 0.25) is 0 Å². The molecular formula is C16H22F2N2O3. The van der Waals surface area contributed by atoms with E-state index in [2.05, 4.69) is 10.6 Å². The zero-order valence-corrected chi connectivity index (χ0v) is 13.6. The first-order valence-electron chi connectivity index (χ1n) is 7.23. The summed E-state index contributed by atoms with van der Waals surface area (Å²) in [5.74, 6) is -2.85. The lowest BCUT2D eigenvalue weighted by Crippen LogP contribution is -2.45. The predicted octanol–water partition coefficient (Wildman–Crippen LogP) is 1.67. The van der Waals surface area contributed by atoms with E-state index in [1.165, 1.54) is 13.0 Å². The Bertz CT molecular complexity index is 585. The predicted molar refractivity (Wildman–Crippen MR) is 81.4 cm³/mol. The summed E-state index contributed by atoms with van der Waals surface area (Å²) in [7, 11) is 0. The van der Waals surface area contributed by atoms with E-state index in [4.69, 9.17) is 0 Å². The number of amides is 2. The fourth-order valence-electron chi connectivity index (χ4n) is 1.79. The topological polar surface area (TPSA) is 78.4 Å². The van der Waals surface area contributed by atoms with Gasteiger partial charge in [-0.3, -0.25) is 9.59 Å². The van der Waals surface area contributed by atoms with Crippen LogP contribution in [-0.4, -0.2) is 29.5 Å². The summed E-state index contributed by atoms with van der Waals surface area (Å²) in [6, 6.07) is 2.29. The first kappa shape index (κ1) is 19.0. The van der Waals surface area contributed by atoms with Crippen molar-refractivity contribution in [2.75, 3.05) is 6.54 Å². The van der Waals surface area contributed by atoms with E-state index < -0.39 is 35.1 Å². The minimum absolute atomic E-state index is 0.149. The Morgan fingerprint density at radius 2 is 1.83 bits per heavy atom. The highest BCUT2D eigenvalue weighted by Gasteiger charge is 2.23. The number of nitrogens with one attached hydrogen (secondary N) is 2. The summed E-state index contributed by atoms with van der Waals surface area (Å²) in [5, 5.41) is 15.0. The Kier molecular flexibility index (Phi) is 6.20. The van der Waals surface area contributed by atoms with Gasteiger partial charge in [-0.25, -0.2) is 8.78 Å². The molecule has 0 aromatic heterocycles. The lowest BCUT2D eigenvalue weighted by Gasteiger charge is -2.22. The van der Waals surface area contributed by atoms with Crippen LogP contribution in [0.1, 0.15) is 39.4 Å². The third kappa shape index (κ3) is 5.59. The summed E-state index contributed by atoms with van der Waals surface area (Å²) < 4.78 is 26.0. The number of hydrogen-bond acceptors (Lipinski definition) is 3. The molecule has 5 nitrogen and oxygen atoms in total. The first-order valence-corrected chi connectivity index (χ1v) is 7.23. The third-order valence-corrected chi connectivity index (χ3v) is 3.24. The molecule has 7 heteroatoms. The maximum atomic E-state index is 13.2. The quantitative estimate of drug-likeness (QED) is 0.769. The normalized spacial score (nSPS) is 14.0. The monoisotopic (exact) mass is 328 g/mol. The Balaban J connectivity index is 2.57. The molecule has 128 valence electrons. The average Bonchev–Trinajstić information content (AvgIpc) is 2.45.